The average Bonchev–Trinajstić information content (AvgIpc) is 3.42. The summed E-state index contributed by atoms with van der Waals surface area (Å²) < 4.78 is 33.1. The standard InChI is InChI=1S/C22H22F2N6/c1-14-5-6-16(17-11-27-30(20(17)23)12-22(24)7-3-4-8-22)19(28-14)15-9-18-21(25-10-15)29(2)13-26-18/h5-6,9-11,13H,3-4,7-8,12H2,1-2H3. The fourth-order valence-electron chi connectivity index (χ4n) is 4.24. The topological polar surface area (TPSA) is 61.4 Å². The summed E-state index contributed by atoms with van der Waals surface area (Å²) in [7, 11) is 1.88. The highest BCUT2D eigenvalue weighted by Gasteiger charge is 2.35. The zero-order valence-corrected chi connectivity index (χ0v) is 16.9. The molecule has 4 heterocycles. The second-order valence-corrected chi connectivity index (χ2v) is 8.14. The number of aryl methyl sites for hydroxylation is 2. The summed E-state index contributed by atoms with van der Waals surface area (Å²) in [6.45, 7) is 1.82. The number of alkyl halides is 1. The second-order valence-electron chi connectivity index (χ2n) is 8.14. The van der Waals surface area contributed by atoms with Crippen molar-refractivity contribution in [2.45, 2.75) is 44.8 Å². The maximum atomic E-state index is 15.3. The Hall–Kier alpha value is -3.16. The van der Waals surface area contributed by atoms with Crippen molar-refractivity contribution in [3.05, 3.63) is 48.6 Å². The van der Waals surface area contributed by atoms with Crippen molar-refractivity contribution in [1.82, 2.24) is 29.3 Å². The predicted octanol–water partition coefficient (Wildman–Crippen LogP) is 4.62. The third-order valence-electron chi connectivity index (χ3n) is 5.86. The van der Waals surface area contributed by atoms with Crippen LogP contribution in [0.1, 0.15) is 31.4 Å². The average molecular weight is 408 g/mol. The highest BCUT2D eigenvalue weighted by Crippen LogP contribution is 2.37. The molecule has 4 aromatic rings. The first-order chi connectivity index (χ1) is 14.4. The van der Waals surface area contributed by atoms with E-state index in [0.29, 0.717) is 29.7 Å². The van der Waals surface area contributed by atoms with Crippen LogP contribution in [0, 0.1) is 12.9 Å². The minimum atomic E-state index is -1.38. The Morgan fingerprint density at radius 1 is 1.10 bits per heavy atom. The Kier molecular flexibility index (Phi) is 4.38. The number of imidazole rings is 1. The van der Waals surface area contributed by atoms with Gasteiger partial charge in [0, 0.05) is 30.1 Å². The summed E-state index contributed by atoms with van der Waals surface area (Å²) in [5.74, 6) is -0.544. The molecule has 0 unspecified atom stereocenters. The maximum Gasteiger partial charge on any atom is 0.219 e. The van der Waals surface area contributed by atoms with E-state index in [9.17, 15) is 4.39 Å². The number of halogens is 2. The van der Waals surface area contributed by atoms with Crippen LogP contribution in [0.4, 0.5) is 8.78 Å². The van der Waals surface area contributed by atoms with Crippen LogP contribution in [0.5, 0.6) is 0 Å². The van der Waals surface area contributed by atoms with Gasteiger partial charge in [-0.2, -0.15) is 9.49 Å². The van der Waals surface area contributed by atoms with E-state index in [1.807, 2.05) is 36.7 Å². The molecule has 0 radical (unpaired) electrons. The largest absolute Gasteiger partial charge is 0.318 e. The molecule has 1 aliphatic rings. The normalized spacial score (nSPS) is 15.9. The summed E-state index contributed by atoms with van der Waals surface area (Å²) in [5.41, 5.74) is 3.16. The van der Waals surface area contributed by atoms with E-state index in [0.717, 1.165) is 39.9 Å². The second kappa shape index (κ2) is 6.97. The van der Waals surface area contributed by atoms with Crippen molar-refractivity contribution in [2.24, 2.45) is 7.05 Å². The molecule has 8 heteroatoms. The van der Waals surface area contributed by atoms with E-state index in [1.54, 1.807) is 12.5 Å². The predicted molar refractivity (Wildman–Crippen MR) is 110 cm³/mol. The third kappa shape index (κ3) is 3.16. The smallest absolute Gasteiger partial charge is 0.219 e. The summed E-state index contributed by atoms with van der Waals surface area (Å²) >= 11 is 0. The molecule has 0 aliphatic heterocycles. The molecule has 0 atom stereocenters. The number of fused-ring (bicyclic) bond motifs is 1. The van der Waals surface area contributed by atoms with Crippen LogP contribution in [-0.2, 0) is 13.6 Å². The number of hydrogen-bond donors (Lipinski definition) is 0. The third-order valence-corrected chi connectivity index (χ3v) is 5.86. The van der Waals surface area contributed by atoms with Crippen molar-refractivity contribution < 1.29 is 8.78 Å². The SMILES string of the molecule is Cc1ccc(-c2cnn(CC3(F)CCCC3)c2F)c(-c2cnc3c(c2)ncn3C)n1. The molecule has 0 amide bonds. The molecule has 1 aliphatic carbocycles. The Bertz CT molecular complexity index is 1240. The van der Waals surface area contributed by atoms with Crippen LogP contribution < -0.4 is 0 Å². The van der Waals surface area contributed by atoms with E-state index in [1.165, 1.54) is 6.20 Å². The molecule has 0 N–H and O–H groups in total. The van der Waals surface area contributed by atoms with Gasteiger partial charge in [0.2, 0.25) is 5.95 Å². The van der Waals surface area contributed by atoms with Crippen LogP contribution in [-0.4, -0.2) is 35.0 Å². The first kappa shape index (κ1) is 18.8. The number of aromatic nitrogens is 6. The highest BCUT2D eigenvalue weighted by molar-refractivity contribution is 5.84. The van der Waals surface area contributed by atoms with Crippen LogP contribution in [0.15, 0.2) is 36.9 Å². The molecule has 0 bridgehead atoms. The van der Waals surface area contributed by atoms with Crippen molar-refractivity contribution in [3.8, 4) is 22.4 Å². The van der Waals surface area contributed by atoms with E-state index in [4.69, 9.17) is 0 Å². The Morgan fingerprint density at radius 2 is 1.90 bits per heavy atom. The van der Waals surface area contributed by atoms with Gasteiger partial charge in [0.05, 0.1) is 30.3 Å². The molecule has 6 nitrogen and oxygen atoms in total. The molecule has 30 heavy (non-hydrogen) atoms. The summed E-state index contributed by atoms with van der Waals surface area (Å²) in [6.07, 6.45) is 7.44. The summed E-state index contributed by atoms with van der Waals surface area (Å²) in [5, 5.41) is 4.15. The summed E-state index contributed by atoms with van der Waals surface area (Å²) in [4.78, 5) is 13.5. The number of hydrogen-bond acceptors (Lipinski definition) is 4. The van der Waals surface area contributed by atoms with E-state index in [-0.39, 0.29) is 6.54 Å². The van der Waals surface area contributed by atoms with Crippen molar-refractivity contribution >= 4 is 11.2 Å². The number of pyridine rings is 2. The van der Waals surface area contributed by atoms with Crippen molar-refractivity contribution in [3.63, 3.8) is 0 Å². The zero-order chi connectivity index (χ0) is 20.9. The Balaban J connectivity index is 1.58. The molecule has 0 saturated heterocycles. The van der Waals surface area contributed by atoms with Gasteiger partial charge >= 0.3 is 0 Å². The zero-order valence-electron chi connectivity index (χ0n) is 16.9. The minimum absolute atomic E-state index is 0.0606. The van der Waals surface area contributed by atoms with Gasteiger partial charge in [-0.1, -0.05) is 18.9 Å². The molecule has 5 rings (SSSR count). The molecule has 1 saturated carbocycles. The number of nitrogens with zero attached hydrogens (tertiary/aromatic N) is 6. The minimum Gasteiger partial charge on any atom is -0.318 e. The van der Waals surface area contributed by atoms with Gasteiger partial charge in [-0.05, 0) is 31.9 Å². The highest BCUT2D eigenvalue weighted by atomic mass is 19.1. The lowest BCUT2D eigenvalue weighted by molar-refractivity contribution is 0.132. The molecule has 0 aromatic carbocycles. The van der Waals surface area contributed by atoms with Gasteiger partial charge in [-0.25, -0.2) is 19.0 Å². The van der Waals surface area contributed by atoms with Crippen LogP contribution >= 0.6 is 0 Å². The fourth-order valence-corrected chi connectivity index (χ4v) is 4.24. The molecule has 1 fully saturated rings. The van der Waals surface area contributed by atoms with Gasteiger partial charge in [0.15, 0.2) is 5.65 Å². The lowest BCUT2D eigenvalue weighted by Crippen LogP contribution is -2.26. The molecule has 154 valence electrons. The molecular formula is C22H22F2N6. The Morgan fingerprint density at radius 3 is 2.70 bits per heavy atom. The van der Waals surface area contributed by atoms with Crippen LogP contribution in [0.25, 0.3) is 33.5 Å². The lowest BCUT2D eigenvalue weighted by Gasteiger charge is -2.18. The lowest BCUT2D eigenvalue weighted by atomic mass is 10.0. The Labute approximate surface area is 172 Å². The van der Waals surface area contributed by atoms with Gasteiger partial charge in [0.1, 0.15) is 11.2 Å². The fraction of sp³-hybridized carbons (Fsp3) is 0.364. The van der Waals surface area contributed by atoms with Gasteiger partial charge in [0.25, 0.3) is 0 Å². The van der Waals surface area contributed by atoms with Crippen molar-refractivity contribution in [2.75, 3.05) is 0 Å². The van der Waals surface area contributed by atoms with E-state index >= 15 is 4.39 Å². The summed E-state index contributed by atoms with van der Waals surface area (Å²) in [6, 6.07) is 5.55. The van der Waals surface area contributed by atoms with E-state index in [2.05, 4.69) is 20.1 Å². The van der Waals surface area contributed by atoms with Crippen LogP contribution in [0.2, 0.25) is 0 Å². The van der Waals surface area contributed by atoms with Gasteiger partial charge < -0.3 is 4.57 Å². The quantitative estimate of drug-likeness (QED) is 0.494. The van der Waals surface area contributed by atoms with Crippen molar-refractivity contribution in [1.29, 1.82) is 0 Å². The molecule has 4 aromatic heterocycles. The van der Waals surface area contributed by atoms with Crippen LogP contribution in [0.3, 0.4) is 0 Å². The number of rotatable bonds is 4. The van der Waals surface area contributed by atoms with Gasteiger partial charge in [-0.15, -0.1) is 0 Å². The monoisotopic (exact) mass is 408 g/mol. The first-order valence-corrected chi connectivity index (χ1v) is 10.1. The van der Waals surface area contributed by atoms with E-state index < -0.39 is 11.6 Å². The molecule has 0 spiro atoms. The maximum absolute atomic E-state index is 15.3. The molecular weight excluding hydrogens is 386 g/mol. The first-order valence-electron chi connectivity index (χ1n) is 10.1. The van der Waals surface area contributed by atoms with Gasteiger partial charge in [-0.3, -0.25) is 4.98 Å².